The Morgan fingerprint density at radius 2 is 1.92 bits per heavy atom. The lowest BCUT2D eigenvalue weighted by atomic mass is 10.0. The van der Waals surface area contributed by atoms with Crippen LogP contribution in [0.15, 0.2) is 12.1 Å². The van der Waals surface area contributed by atoms with Crippen molar-refractivity contribution >= 4 is 29.3 Å². The van der Waals surface area contributed by atoms with E-state index in [0.29, 0.717) is 12.3 Å². The number of carbonyl (C=O) groups is 1. The van der Waals surface area contributed by atoms with Crippen molar-refractivity contribution in [2.45, 2.75) is 64.2 Å². The van der Waals surface area contributed by atoms with E-state index in [9.17, 15) is 4.79 Å². The molecule has 1 saturated carbocycles. The van der Waals surface area contributed by atoms with Gasteiger partial charge in [0.25, 0.3) is 5.91 Å². The van der Waals surface area contributed by atoms with Gasteiger partial charge in [-0.15, -0.1) is 0 Å². The molecule has 1 aliphatic carbocycles. The average Bonchev–Trinajstić information content (AvgIpc) is 2.57. The molecule has 3 nitrogen and oxygen atoms in total. The quantitative estimate of drug-likeness (QED) is 0.694. The van der Waals surface area contributed by atoms with Gasteiger partial charge in [0.2, 0.25) is 0 Å². The second-order valence-corrected chi connectivity index (χ2v) is 8.34. The van der Waals surface area contributed by atoms with Crippen LogP contribution in [0.2, 0.25) is 5.02 Å². The van der Waals surface area contributed by atoms with E-state index >= 15 is 0 Å². The number of hydrogen-bond acceptors (Lipinski definition) is 3. The van der Waals surface area contributed by atoms with Crippen molar-refractivity contribution in [3.05, 3.63) is 28.3 Å². The number of ether oxygens (including phenoxy) is 1. The minimum Gasteiger partial charge on any atom is -0.481 e. The Bertz CT molecular complexity index is 535. The summed E-state index contributed by atoms with van der Waals surface area (Å²) in [6.45, 7) is 6.36. The number of carbonyl (C=O) groups excluding carboxylic acids is 1. The van der Waals surface area contributed by atoms with Gasteiger partial charge >= 0.3 is 0 Å². The molecule has 1 amide bonds. The summed E-state index contributed by atoms with van der Waals surface area (Å²) >= 11 is 8.15. The summed E-state index contributed by atoms with van der Waals surface area (Å²) in [6, 6.07) is 3.75. The molecule has 1 fully saturated rings. The molecule has 1 N–H and O–H groups in total. The molecule has 0 heterocycles. The SMILES string of the molecule is Cc1cc(O[C@@H](C)C(=O)NCCSC2CCCCC2)cc(C)c1Cl. The van der Waals surface area contributed by atoms with Crippen LogP contribution in [0, 0.1) is 13.8 Å². The zero-order valence-electron chi connectivity index (χ0n) is 14.9. The first-order chi connectivity index (χ1) is 11.5. The lowest BCUT2D eigenvalue weighted by Gasteiger charge is -2.21. The largest absolute Gasteiger partial charge is 0.481 e. The standard InChI is InChI=1S/C19H28ClNO2S/c1-13-11-16(12-14(2)18(13)20)23-15(3)19(22)21-9-10-24-17-7-5-4-6-8-17/h11-12,15,17H,4-10H2,1-3H3,(H,21,22)/t15-/m0/s1. The van der Waals surface area contributed by atoms with Gasteiger partial charge in [0.05, 0.1) is 0 Å². The van der Waals surface area contributed by atoms with Gasteiger partial charge in [-0.3, -0.25) is 4.79 Å². The zero-order valence-corrected chi connectivity index (χ0v) is 16.4. The highest BCUT2D eigenvalue weighted by Gasteiger charge is 2.16. The summed E-state index contributed by atoms with van der Waals surface area (Å²) in [5.41, 5.74) is 1.92. The van der Waals surface area contributed by atoms with Crippen LogP contribution in [-0.2, 0) is 4.79 Å². The van der Waals surface area contributed by atoms with Crippen LogP contribution in [0.4, 0.5) is 0 Å². The van der Waals surface area contributed by atoms with Crippen molar-refractivity contribution in [2.75, 3.05) is 12.3 Å². The van der Waals surface area contributed by atoms with Crippen LogP contribution < -0.4 is 10.1 Å². The highest BCUT2D eigenvalue weighted by atomic mass is 35.5. The third-order valence-corrected chi connectivity index (χ3v) is 6.38. The van der Waals surface area contributed by atoms with Crippen molar-refractivity contribution in [3.63, 3.8) is 0 Å². The fourth-order valence-electron chi connectivity index (χ4n) is 3.01. The molecule has 0 saturated heterocycles. The topological polar surface area (TPSA) is 38.3 Å². The Morgan fingerprint density at radius 1 is 1.29 bits per heavy atom. The van der Waals surface area contributed by atoms with Crippen molar-refractivity contribution in [1.29, 1.82) is 0 Å². The van der Waals surface area contributed by atoms with E-state index in [4.69, 9.17) is 16.3 Å². The molecular formula is C19H28ClNO2S. The molecule has 1 aliphatic rings. The number of halogens is 1. The number of rotatable bonds is 7. The number of hydrogen-bond donors (Lipinski definition) is 1. The van der Waals surface area contributed by atoms with Crippen LogP contribution in [0.5, 0.6) is 5.75 Å². The first-order valence-electron chi connectivity index (χ1n) is 8.80. The van der Waals surface area contributed by atoms with E-state index in [-0.39, 0.29) is 5.91 Å². The van der Waals surface area contributed by atoms with E-state index < -0.39 is 6.10 Å². The van der Waals surface area contributed by atoms with Gasteiger partial charge < -0.3 is 10.1 Å². The summed E-state index contributed by atoms with van der Waals surface area (Å²) in [6.07, 6.45) is 6.24. The van der Waals surface area contributed by atoms with Crippen LogP contribution in [0.25, 0.3) is 0 Å². The highest BCUT2D eigenvalue weighted by Crippen LogP contribution is 2.28. The van der Waals surface area contributed by atoms with Crippen LogP contribution in [0.3, 0.4) is 0 Å². The number of aryl methyl sites for hydroxylation is 2. The third-order valence-electron chi connectivity index (χ3n) is 4.40. The van der Waals surface area contributed by atoms with E-state index in [1.54, 1.807) is 6.92 Å². The maximum absolute atomic E-state index is 12.2. The molecule has 5 heteroatoms. The third kappa shape index (κ3) is 5.89. The molecule has 1 aromatic carbocycles. The molecule has 0 radical (unpaired) electrons. The lowest BCUT2D eigenvalue weighted by Crippen LogP contribution is -2.37. The Balaban J connectivity index is 1.71. The van der Waals surface area contributed by atoms with Gasteiger partial charge in [-0.2, -0.15) is 11.8 Å². The summed E-state index contributed by atoms with van der Waals surface area (Å²) < 4.78 is 5.76. The van der Waals surface area contributed by atoms with E-state index in [1.807, 2.05) is 37.7 Å². The summed E-state index contributed by atoms with van der Waals surface area (Å²) in [4.78, 5) is 12.2. The molecule has 0 aliphatic heterocycles. The Labute approximate surface area is 154 Å². The molecule has 0 bridgehead atoms. The van der Waals surface area contributed by atoms with Crippen molar-refractivity contribution in [1.82, 2.24) is 5.32 Å². The van der Waals surface area contributed by atoms with Gasteiger partial charge in [0.15, 0.2) is 6.10 Å². The number of nitrogens with one attached hydrogen (secondary N) is 1. The number of amides is 1. The molecule has 24 heavy (non-hydrogen) atoms. The van der Waals surface area contributed by atoms with Gasteiger partial charge in [-0.25, -0.2) is 0 Å². The van der Waals surface area contributed by atoms with Gasteiger partial charge in [0.1, 0.15) is 5.75 Å². The maximum atomic E-state index is 12.2. The van der Waals surface area contributed by atoms with Crippen LogP contribution in [0.1, 0.15) is 50.2 Å². The molecule has 1 atom stereocenters. The van der Waals surface area contributed by atoms with Crippen LogP contribution in [-0.4, -0.2) is 29.6 Å². The molecule has 1 aromatic rings. The Morgan fingerprint density at radius 3 is 2.54 bits per heavy atom. The lowest BCUT2D eigenvalue weighted by molar-refractivity contribution is -0.127. The number of benzene rings is 1. The zero-order chi connectivity index (χ0) is 17.5. The first-order valence-corrected chi connectivity index (χ1v) is 10.2. The van der Waals surface area contributed by atoms with E-state index in [0.717, 1.165) is 27.2 Å². The predicted molar refractivity (Wildman–Crippen MR) is 103 cm³/mol. The molecule has 0 unspecified atom stereocenters. The van der Waals surface area contributed by atoms with E-state index in [1.165, 1.54) is 32.1 Å². The average molecular weight is 370 g/mol. The normalized spacial score (nSPS) is 16.7. The fraction of sp³-hybridized carbons (Fsp3) is 0.632. The van der Waals surface area contributed by atoms with Gasteiger partial charge in [-0.1, -0.05) is 30.9 Å². The second-order valence-electron chi connectivity index (χ2n) is 6.55. The van der Waals surface area contributed by atoms with E-state index in [2.05, 4.69) is 5.32 Å². The highest BCUT2D eigenvalue weighted by molar-refractivity contribution is 7.99. The molecule has 0 spiro atoms. The Hall–Kier alpha value is -0.870. The number of thioether (sulfide) groups is 1. The molecule has 134 valence electrons. The second kappa shape index (κ2) is 9.57. The van der Waals surface area contributed by atoms with Gasteiger partial charge in [0, 0.05) is 22.6 Å². The summed E-state index contributed by atoms with van der Waals surface area (Å²) in [7, 11) is 0. The maximum Gasteiger partial charge on any atom is 0.260 e. The van der Waals surface area contributed by atoms with Crippen LogP contribution >= 0.6 is 23.4 Å². The Kier molecular flexibility index (Phi) is 7.76. The molecule has 0 aromatic heterocycles. The van der Waals surface area contributed by atoms with Crippen molar-refractivity contribution in [2.24, 2.45) is 0 Å². The fourth-order valence-corrected chi connectivity index (χ4v) is 4.34. The molecular weight excluding hydrogens is 342 g/mol. The van der Waals surface area contributed by atoms with Gasteiger partial charge in [-0.05, 0) is 56.9 Å². The summed E-state index contributed by atoms with van der Waals surface area (Å²) in [5, 5.41) is 4.50. The molecule has 2 rings (SSSR count). The smallest absolute Gasteiger partial charge is 0.260 e. The monoisotopic (exact) mass is 369 g/mol. The summed E-state index contributed by atoms with van der Waals surface area (Å²) in [5.74, 6) is 1.60. The first kappa shape index (κ1) is 19.5. The minimum absolute atomic E-state index is 0.0653. The van der Waals surface area contributed by atoms with Crippen molar-refractivity contribution in [3.8, 4) is 5.75 Å². The van der Waals surface area contributed by atoms with Crippen molar-refractivity contribution < 1.29 is 9.53 Å². The predicted octanol–water partition coefficient (Wildman–Crippen LogP) is 4.91. The minimum atomic E-state index is -0.510.